The molecule has 0 aromatic heterocycles. The summed E-state index contributed by atoms with van der Waals surface area (Å²) >= 11 is 0. The summed E-state index contributed by atoms with van der Waals surface area (Å²) in [5.41, 5.74) is 9.63. The van der Waals surface area contributed by atoms with E-state index in [0.29, 0.717) is 30.3 Å². The van der Waals surface area contributed by atoms with Crippen molar-refractivity contribution in [2.24, 2.45) is 0 Å². The fraction of sp³-hybridized carbons (Fsp3) is 0.225. The van der Waals surface area contributed by atoms with Crippen molar-refractivity contribution in [3.8, 4) is 28.7 Å². The summed E-state index contributed by atoms with van der Waals surface area (Å²) < 4.78 is 165. The van der Waals surface area contributed by atoms with Crippen molar-refractivity contribution in [2.45, 2.75) is 213 Å². The zero-order chi connectivity index (χ0) is 104. The van der Waals surface area contributed by atoms with Crippen LogP contribution in [0.4, 0.5) is 43.9 Å². The highest BCUT2D eigenvalue weighted by Crippen LogP contribution is 2.47. The molecular weight excluding hydrogens is 1950 g/mol. The first-order valence-electron chi connectivity index (χ1n) is 47.1. The Morgan fingerprint density at radius 1 is 0.262 bits per heavy atom. The lowest BCUT2D eigenvalue weighted by atomic mass is 10.0. The lowest BCUT2D eigenvalue weighted by Crippen LogP contribution is -2.41. The third kappa shape index (κ3) is 32.7. The Morgan fingerprint density at radius 2 is 0.483 bits per heavy atom. The zero-order valence-corrected chi connectivity index (χ0v) is 87.2. The second-order valence-corrected chi connectivity index (χ2v) is 43.9. The van der Waals surface area contributed by atoms with Gasteiger partial charge in [-0.3, -0.25) is 4.79 Å². The van der Waals surface area contributed by atoms with Gasteiger partial charge in [-0.2, -0.15) is 35.1 Å². The monoisotopic (exact) mass is 2070 g/mol. The molecule has 145 heavy (non-hydrogen) atoms. The predicted octanol–water partition coefficient (Wildman–Crippen LogP) is 31.5. The molecule has 0 saturated carbocycles. The number of ether oxygens (including phenoxy) is 7. The fourth-order valence-electron chi connectivity index (χ4n) is 15.8. The Labute approximate surface area is 859 Å². The Kier molecular flexibility index (Phi) is 42.0. The van der Waals surface area contributed by atoms with Crippen LogP contribution in [-0.4, -0.2) is 82.2 Å². The number of halogens is 10. The van der Waals surface area contributed by atoms with E-state index in [1.807, 2.05) is 215 Å². The molecular formula is C120H119F10O10S5+5. The van der Waals surface area contributed by atoms with E-state index in [-0.39, 0.29) is 75.2 Å². The summed E-state index contributed by atoms with van der Waals surface area (Å²) in [5.74, 6) is -7.57. The highest BCUT2D eigenvalue weighted by molar-refractivity contribution is 7.98. The topological polar surface area (TPSA) is 116 Å². The van der Waals surface area contributed by atoms with Gasteiger partial charge in [0, 0.05) is 73.5 Å². The lowest BCUT2D eigenvalue weighted by Gasteiger charge is -2.25. The number of carbonyl (C=O) groups excluding carboxylic acids is 3. The molecule has 0 saturated heterocycles. The number of alkyl halides is 10. The largest absolute Gasteiger partial charge is 0.493 e. The highest BCUT2D eigenvalue weighted by atomic mass is 32.2. The lowest BCUT2D eigenvalue weighted by molar-refractivity contribution is -0.301. The number of methoxy groups -OCH3 is 1. The van der Waals surface area contributed by atoms with Crippen LogP contribution in [0.1, 0.15) is 102 Å². The van der Waals surface area contributed by atoms with E-state index in [0.717, 1.165) is 75.6 Å². The fourth-order valence-corrected chi connectivity index (χ4v) is 27.1. The number of esters is 3. The van der Waals surface area contributed by atoms with E-state index in [1.54, 1.807) is 0 Å². The van der Waals surface area contributed by atoms with Crippen molar-refractivity contribution >= 4 is 72.4 Å². The molecule has 754 valence electrons. The van der Waals surface area contributed by atoms with Gasteiger partial charge in [-0.1, -0.05) is 189 Å². The number of hydrogen-bond donors (Lipinski definition) is 0. The van der Waals surface area contributed by atoms with Crippen LogP contribution in [0, 0.1) is 69.2 Å². The third-order valence-corrected chi connectivity index (χ3v) is 33.3. The van der Waals surface area contributed by atoms with Crippen LogP contribution < -0.4 is 23.7 Å². The summed E-state index contributed by atoms with van der Waals surface area (Å²) in [6, 6.07) is 125. The zero-order valence-electron chi connectivity index (χ0n) is 83.1. The molecule has 0 aliphatic heterocycles. The van der Waals surface area contributed by atoms with Gasteiger partial charge in [0.2, 0.25) is 0 Å². The van der Waals surface area contributed by atoms with Gasteiger partial charge in [0.25, 0.3) is 5.92 Å². The maximum Gasteiger partial charge on any atom is 0.453 e. The molecule has 0 radical (unpaired) electrons. The van der Waals surface area contributed by atoms with E-state index < -0.39 is 73.5 Å². The molecule has 0 aliphatic carbocycles. The van der Waals surface area contributed by atoms with Crippen molar-refractivity contribution in [3.05, 3.63) is 420 Å². The van der Waals surface area contributed by atoms with Crippen LogP contribution in [0.2, 0.25) is 0 Å². The number of carbonyl (C=O) groups is 3. The van der Waals surface area contributed by atoms with Gasteiger partial charge in [-0.15, -0.1) is 0 Å². The molecule has 15 rings (SSSR count). The summed E-state index contributed by atoms with van der Waals surface area (Å²) in [7, 11) is 0.134. The summed E-state index contributed by atoms with van der Waals surface area (Å²) in [4.78, 5) is 53.2. The maximum absolute atomic E-state index is 13.8. The van der Waals surface area contributed by atoms with Crippen molar-refractivity contribution < 1.29 is 91.4 Å². The van der Waals surface area contributed by atoms with Gasteiger partial charge in [0.05, 0.1) is 87.6 Å². The minimum atomic E-state index is -6.01. The van der Waals surface area contributed by atoms with Crippen molar-refractivity contribution in [1.29, 1.82) is 0 Å². The second-order valence-electron chi connectivity index (χ2n) is 33.8. The smallest absolute Gasteiger partial charge is 0.453 e. The molecule has 25 heteroatoms. The molecule has 0 spiro atoms. The van der Waals surface area contributed by atoms with Crippen molar-refractivity contribution in [3.63, 3.8) is 0 Å². The van der Waals surface area contributed by atoms with Crippen LogP contribution in [0.15, 0.2) is 437 Å². The molecule has 0 fully saturated rings. The first-order valence-corrected chi connectivity index (χ1v) is 53.2. The van der Waals surface area contributed by atoms with E-state index >= 15 is 0 Å². The van der Waals surface area contributed by atoms with Crippen LogP contribution in [0.25, 0.3) is 0 Å². The maximum atomic E-state index is 13.8. The van der Waals surface area contributed by atoms with Crippen LogP contribution in [-0.2, 0) is 78.3 Å². The quantitative estimate of drug-likeness (QED) is 0.0127. The average Bonchev–Trinajstić information content (AvgIpc) is 0.794. The minimum absolute atomic E-state index is 0.0827. The number of rotatable bonds is 34. The summed E-state index contributed by atoms with van der Waals surface area (Å²) in [6.45, 7) is 22.8. The summed E-state index contributed by atoms with van der Waals surface area (Å²) in [5, 5.41) is 0. The van der Waals surface area contributed by atoms with Gasteiger partial charge in [-0.25, -0.2) is 18.4 Å². The first kappa shape index (κ1) is 112. The molecule has 0 atom stereocenters. The number of aryl methyl sites for hydroxylation is 10. The second kappa shape index (κ2) is 54.2. The molecule has 0 N–H and O–H groups in total. The van der Waals surface area contributed by atoms with Crippen molar-refractivity contribution in [2.75, 3.05) is 40.1 Å². The molecule has 0 aliphatic rings. The Balaban J connectivity index is 0.000000174. The Hall–Kier alpha value is -13.0. The first-order chi connectivity index (χ1) is 69.4. The standard InChI is InChI=1S/C27H26F7OS.C25H24F3O3S.C23H23O3S.C23H23O2S.C22H23OS/c1-19-16-23(36(21-10-5-3-6-11-21)22-12-7-4-8-13-22)17-20(2)24(19)35-15-9-14-25(28,29)18-26(30,31)27(32,33)34;1-18-15-22(32(20-9-5-3-6-10-20)21-11-7-4-8-12-21)16-19(2)24(18)31-17-23(29)30-14-13-25(26,27)28;1-17-14-21(15-18(2)23(17)26-16-22(24)25-3)27(19-10-6-4-7-11-19)20-12-8-5-9-13-20;1-4-22(24)25-23-17(2)15-21(16-18(23)3)26(19-11-7-5-8-12-19)20-13-9-6-10-14-20;1-4-23-22-17(2)15-21(16-18(22)3)24(19-11-7-5-8-12-19)20-13-9-6-10-14-20/h3-8,10-13,16-17H,9,14-15,18H2,1-2H3;3-12,15-16H,13-14,17H2,1-2H3;4-15H,16H2,1-3H3;5-16H,4H2,1-3H3;5-16H,4H2,1-3H3/q5*+1. The molecule has 0 amide bonds. The average molecular weight is 2070 g/mol. The van der Waals surface area contributed by atoms with Crippen molar-refractivity contribution in [1.82, 2.24) is 0 Å². The summed E-state index contributed by atoms with van der Waals surface area (Å²) in [6.07, 6.45) is -15.3. The normalized spacial score (nSPS) is 11.4. The Bertz CT molecular complexity index is 6320. The third-order valence-electron chi connectivity index (χ3n) is 22.3. The number of hydrogen-bond acceptors (Lipinski definition) is 10. The number of benzene rings is 15. The highest BCUT2D eigenvalue weighted by Gasteiger charge is 2.61. The van der Waals surface area contributed by atoms with Gasteiger partial charge in [-0.05, 0) is 260 Å². The molecule has 0 bridgehead atoms. The van der Waals surface area contributed by atoms with Gasteiger partial charge in [0.15, 0.2) is 86.6 Å². The van der Waals surface area contributed by atoms with Gasteiger partial charge >= 0.3 is 36.2 Å². The van der Waals surface area contributed by atoms with Crippen LogP contribution in [0.5, 0.6) is 28.7 Å². The molecule has 0 unspecified atom stereocenters. The predicted molar refractivity (Wildman–Crippen MR) is 562 cm³/mol. The van der Waals surface area contributed by atoms with E-state index in [1.165, 1.54) is 72.1 Å². The molecule has 10 nitrogen and oxygen atoms in total. The van der Waals surface area contributed by atoms with Crippen LogP contribution in [0.3, 0.4) is 0 Å². The van der Waals surface area contributed by atoms with Crippen LogP contribution >= 0.6 is 0 Å². The van der Waals surface area contributed by atoms with E-state index in [2.05, 4.69) is 242 Å². The van der Waals surface area contributed by atoms with E-state index in [9.17, 15) is 58.3 Å². The van der Waals surface area contributed by atoms with Gasteiger partial charge < -0.3 is 33.2 Å². The molecule has 15 aromatic rings. The molecule has 0 heterocycles. The molecule has 15 aromatic carbocycles. The Morgan fingerprint density at radius 3 is 0.697 bits per heavy atom. The van der Waals surface area contributed by atoms with Gasteiger partial charge in [0.1, 0.15) is 35.4 Å². The van der Waals surface area contributed by atoms with E-state index in [4.69, 9.17) is 23.7 Å². The SMILES string of the molecule is CCC(=O)Oc1c(C)cc([S+](c2ccccc2)c2ccccc2)cc1C.CCOc1c(C)cc([S+](c2ccccc2)c2ccccc2)cc1C.COC(=O)COc1c(C)cc([S+](c2ccccc2)c2ccccc2)cc1C.Cc1cc([S+](c2ccccc2)c2ccccc2)cc(C)c1OCC(=O)OCCC(F)(F)F.Cc1cc([S+](c2ccccc2)c2ccccc2)cc(C)c1OCCCC(F)(F)CC(F)(F)C(F)(F)F. The minimum Gasteiger partial charge on any atom is -0.493 e.